The molecule has 1 aromatic heterocycles. The Labute approximate surface area is 135 Å². The van der Waals surface area contributed by atoms with Crippen molar-refractivity contribution in [2.45, 2.75) is 13.8 Å². The Balaban J connectivity index is 1.72. The highest BCUT2D eigenvalue weighted by Gasteiger charge is 2.27. The van der Waals surface area contributed by atoms with Crippen LogP contribution in [0.1, 0.15) is 21.7 Å². The van der Waals surface area contributed by atoms with Gasteiger partial charge in [0.05, 0.1) is 16.9 Å². The Morgan fingerprint density at radius 2 is 1.78 bits per heavy atom. The predicted octanol–water partition coefficient (Wildman–Crippen LogP) is 2.14. The Hall–Kier alpha value is -2.37. The number of nitrogens with zero attached hydrogens (tertiary/aromatic N) is 4. The molecule has 1 aromatic carbocycles. The lowest BCUT2D eigenvalue weighted by atomic mass is 10.1. The quantitative estimate of drug-likeness (QED) is 0.852. The van der Waals surface area contributed by atoms with Crippen molar-refractivity contribution in [1.29, 1.82) is 0 Å². The minimum absolute atomic E-state index is 0.0151. The molecule has 2 heterocycles. The molecule has 2 aromatic rings. The third-order valence-corrected chi connectivity index (χ3v) is 4.48. The molecule has 0 spiro atoms. The standard InChI is InChI=1S/C17H21FN4O/c1-12-16(13(2)20(3)19-12)17(23)22-10-8-21(9-11-22)15-7-5-4-6-14(15)18/h4-7H,8-11H2,1-3H3. The van der Waals surface area contributed by atoms with Crippen LogP contribution in [0, 0.1) is 19.7 Å². The van der Waals surface area contributed by atoms with Crippen molar-refractivity contribution in [1.82, 2.24) is 14.7 Å². The van der Waals surface area contributed by atoms with Gasteiger partial charge in [0.25, 0.3) is 5.91 Å². The van der Waals surface area contributed by atoms with E-state index in [0.717, 1.165) is 11.4 Å². The monoisotopic (exact) mass is 316 g/mol. The fourth-order valence-corrected chi connectivity index (χ4v) is 3.10. The lowest BCUT2D eigenvalue weighted by molar-refractivity contribution is 0.0745. The van der Waals surface area contributed by atoms with Gasteiger partial charge in [-0.1, -0.05) is 12.1 Å². The van der Waals surface area contributed by atoms with Crippen LogP contribution in [0.5, 0.6) is 0 Å². The Morgan fingerprint density at radius 3 is 2.35 bits per heavy atom. The van der Waals surface area contributed by atoms with Gasteiger partial charge in [0.1, 0.15) is 5.82 Å². The van der Waals surface area contributed by atoms with E-state index in [2.05, 4.69) is 5.10 Å². The third-order valence-electron chi connectivity index (χ3n) is 4.48. The number of rotatable bonds is 2. The number of anilines is 1. The minimum Gasteiger partial charge on any atom is -0.366 e. The van der Waals surface area contributed by atoms with Gasteiger partial charge in [-0.2, -0.15) is 5.10 Å². The maximum atomic E-state index is 13.9. The van der Waals surface area contributed by atoms with Gasteiger partial charge in [0.15, 0.2) is 0 Å². The average Bonchev–Trinajstić information content (AvgIpc) is 2.80. The number of piperazine rings is 1. The van der Waals surface area contributed by atoms with Gasteiger partial charge < -0.3 is 9.80 Å². The Bertz CT molecular complexity index is 732. The number of aromatic nitrogens is 2. The van der Waals surface area contributed by atoms with Crippen molar-refractivity contribution in [3.63, 3.8) is 0 Å². The van der Waals surface area contributed by atoms with Crippen LogP contribution in [0.15, 0.2) is 24.3 Å². The van der Waals surface area contributed by atoms with E-state index in [1.165, 1.54) is 6.07 Å². The number of hydrogen-bond donors (Lipinski definition) is 0. The van der Waals surface area contributed by atoms with E-state index in [1.54, 1.807) is 16.8 Å². The molecule has 3 rings (SSSR count). The van der Waals surface area contributed by atoms with E-state index in [-0.39, 0.29) is 11.7 Å². The molecule has 0 aliphatic carbocycles. The first-order chi connectivity index (χ1) is 11.0. The van der Waals surface area contributed by atoms with Crippen molar-refractivity contribution in [2.75, 3.05) is 31.1 Å². The second kappa shape index (κ2) is 6.02. The number of amides is 1. The summed E-state index contributed by atoms with van der Waals surface area (Å²) < 4.78 is 15.6. The molecular formula is C17H21FN4O. The number of benzene rings is 1. The zero-order valence-corrected chi connectivity index (χ0v) is 13.7. The molecule has 0 radical (unpaired) electrons. The van der Waals surface area contributed by atoms with Crippen molar-refractivity contribution in [3.05, 3.63) is 47.0 Å². The summed E-state index contributed by atoms with van der Waals surface area (Å²) in [5, 5.41) is 4.31. The molecule has 6 heteroatoms. The molecule has 1 saturated heterocycles. The number of aryl methyl sites for hydroxylation is 2. The highest BCUT2D eigenvalue weighted by molar-refractivity contribution is 5.96. The lowest BCUT2D eigenvalue weighted by Gasteiger charge is -2.36. The maximum Gasteiger partial charge on any atom is 0.257 e. The SMILES string of the molecule is Cc1nn(C)c(C)c1C(=O)N1CCN(c2ccccc2F)CC1. The zero-order chi connectivity index (χ0) is 16.6. The van der Waals surface area contributed by atoms with Crippen LogP contribution in [0.3, 0.4) is 0 Å². The fourth-order valence-electron chi connectivity index (χ4n) is 3.10. The van der Waals surface area contributed by atoms with Gasteiger partial charge in [0, 0.05) is 38.9 Å². The summed E-state index contributed by atoms with van der Waals surface area (Å²) in [6.07, 6.45) is 0. The largest absolute Gasteiger partial charge is 0.366 e. The summed E-state index contributed by atoms with van der Waals surface area (Å²) in [6.45, 7) is 6.19. The molecule has 1 aliphatic heterocycles. The predicted molar refractivity (Wildman–Crippen MR) is 87.2 cm³/mol. The van der Waals surface area contributed by atoms with Crippen molar-refractivity contribution in [2.24, 2.45) is 7.05 Å². The minimum atomic E-state index is -0.216. The number of halogens is 1. The van der Waals surface area contributed by atoms with Crippen LogP contribution in [-0.4, -0.2) is 46.8 Å². The van der Waals surface area contributed by atoms with E-state index in [0.29, 0.717) is 37.4 Å². The summed E-state index contributed by atoms with van der Waals surface area (Å²) in [5.74, 6) is -0.201. The third kappa shape index (κ3) is 2.81. The highest BCUT2D eigenvalue weighted by atomic mass is 19.1. The van der Waals surface area contributed by atoms with E-state index in [9.17, 15) is 9.18 Å². The topological polar surface area (TPSA) is 41.4 Å². The first-order valence-corrected chi connectivity index (χ1v) is 7.78. The number of carbonyl (C=O) groups excluding carboxylic acids is 1. The maximum absolute atomic E-state index is 13.9. The molecule has 0 bridgehead atoms. The molecule has 0 saturated carbocycles. The van der Waals surface area contributed by atoms with Crippen LogP contribution < -0.4 is 4.90 Å². The molecule has 1 amide bonds. The highest BCUT2D eigenvalue weighted by Crippen LogP contribution is 2.21. The molecule has 1 fully saturated rings. The van der Waals surface area contributed by atoms with E-state index in [1.807, 2.05) is 36.8 Å². The van der Waals surface area contributed by atoms with Crippen LogP contribution in [0.4, 0.5) is 10.1 Å². The zero-order valence-electron chi connectivity index (χ0n) is 13.7. The van der Waals surface area contributed by atoms with Crippen LogP contribution >= 0.6 is 0 Å². The van der Waals surface area contributed by atoms with E-state index in [4.69, 9.17) is 0 Å². The number of para-hydroxylation sites is 1. The first kappa shape index (κ1) is 15.5. The Morgan fingerprint density at radius 1 is 1.13 bits per heavy atom. The summed E-state index contributed by atoms with van der Waals surface area (Å²) in [6, 6.07) is 6.77. The molecule has 1 aliphatic rings. The molecule has 0 atom stereocenters. The molecule has 5 nitrogen and oxygen atoms in total. The number of carbonyl (C=O) groups is 1. The van der Waals surface area contributed by atoms with Crippen LogP contribution in [0.25, 0.3) is 0 Å². The summed E-state index contributed by atoms with van der Waals surface area (Å²) >= 11 is 0. The molecule has 23 heavy (non-hydrogen) atoms. The second-order valence-corrected chi connectivity index (χ2v) is 5.90. The van der Waals surface area contributed by atoms with Gasteiger partial charge in [0.2, 0.25) is 0 Å². The normalized spacial score (nSPS) is 15.1. The Kier molecular flexibility index (Phi) is 4.07. The molecule has 0 N–H and O–H groups in total. The molecular weight excluding hydrogens is 295 g/mol. The van der Waals surface area contributed by atoms with Crippen LogP contribution in [-0.2, 0) is 7.05 Å². The first-order valence-electron chi connectivity index (χ1n) is 7.78. The van der Waals surface area contributed by atoms with Crippen molar-refractivity contribution < 1.29 is 9.18 Å². The molecule has 0 unspecified atom stereocenters. The summed E-state index contributed by atoms with van der Waals surface area (Å²) in [7, 11) is 1.84. The van der Waals surface area contributed by atoms with Gasteiger partial charge in [-0.05, 0) is 26.0 Å². The van der Waals surface area contributed by atoms with E-state index >= 15 is 0 Å². The van der Waals surface area contributed by atoms with Crippen molar-refractivity contribution in [3.8, 4) is 0 Å². The summed E-state index contributed by atoms with van der Waals surface area (Å²) in [4.78, 5) is 16.6. The average molecular weight is 316 g/mol. The lowest BCUT2D eigenvalue weighted by Crippen LogP contribution is -2.49. The van der Waals surface area contributed by atoms with Gasteiger partial charge in [-0.25, -0.2) is 4.39 Å². The smallest absolute Gasteiger partial charge is 0.257 e. The van der Waals surface area contributed by atoms with Crippen molar-refractivity contribution >= 4 is 11.6 Å². The van der Waals surface area contributed by atoms with Gasteiger partial charge >= 0.3 is 0 Å². The number of hydrogen-bond acceptors (Lipinski definition) is 3. The fraction of sp³-hybridized carbons (Fsp3) is 0.412. The summed E-state index contributed by atoms with van der Waals surface area (Å²) in [5.41, 5.74) is 2.93. The second-order valence-electron chi connectivity index (χ2n) is 5.90. The molecule has 122 valence electrons. The van der Waals surface area contributed by atoms with Gasteiger partial charge in [-0.15, -0.1) is 0 Å². The van der Waals surface area contributed by atoms with E-state index < -0.39 is 0 Å². The van der Waals surface area contributed by atoms with Crippen LogP contribution in [0.2, 0.25) is 0 Å². The van der Waals surface area contributed by atoms with Gasteiger partial charge in [-0.3, -0.25) is 9.48 Å².